The number of hydrogen-bond donors (Lipinski definition) is 0. The molecule has 0 saturated heterocycles. The maximum Gasteiger partial charge on any atom is -0.0292 e. The third-order valence-corrected chi connectivity index (χ3v) is 4.14. The Kier molecular flexibility index (Phi) is 7.56. The zero-order chi connectivity index (χ0) is 14.4. The molecule has 0 aromatic rings. The van der Waals surface area contributed by atoms with Crippen LogP contribution in [-0.4, -0.2) is 0 Å². The van der Waals surface area contributed by atoms with Gasteiger partial charge in [-0.2, -0.15) is 0 Å². The monoisotopic (exact) mass is 254 g/mol. The van der Waals surface area contributed by atoms with E-state index in [1.165, 1.54) is 38.5 Å². The highest BCUT2D eigenvalue weighted by atomic mass is 14.5. The van der Waals surface area contributed by atoms with Crippen LogP contribution < -0.4 is 0 Å². The summed E-state index contributed by atoms with van der Waals surface area (Å²) in [6, 6.07) is 0. The smallest absolute Gasteiger partial charge is 0.0292 e. The largest absolute Gasteiger partial charge is 0.0654 e. The van der Waals surface area contributed by atoms with E-state index in [4.69, 9.17) is 0 Å². The quantitative estimate of drug-likeness (QED) is 0.524. The molecule has 0 unspecified atom stereocenters. The maximum atomic E-state index is 2.40. The Morgan fingerprint density at radius 2 is 1.28 bits per heavy atom. The standard InChI is InChI=1S/C14H28.C4H10/c1-6-8-14(9-7-2)10-12(11-14)13(3,4)5;1-4(2)3/h12H,6-11H2,1-5H3;4H,1-3H3. The van der Waals surface area contributed by atoms with E-state index in [1.807, 2.05) is 0 Å². The van der Waals surface area contributed by atoms with Gasteiger partial charge in [0, 0.05) is 0 Å². The summed E-state index contributed by atoms with van der Waals surface area (Å²) in [7, 11) is 0. The Labute approximate surface area is 117 Å². The van der Waals surface area contributed by atoms with Crippen molar-refractivity contribution in [2.24, 2.45) is 22.7 Å². The normalized spacial score (nSPS) is 19.2. The fourth-order valence-corrected chi connectivity index (χ4v) is 3.19. The molecule has 0 atom stereocenters. The molecule has 1 saturated carbocycles. The van der Waals surface area contributed by atoms with Crippen LogP contribution in [0.5, 0.6) is 0 Å². The van der Waals surface area contributed by atoms with Crippen molar-refractivity contribution in [1.29, 1.82) is 0 Å². The second-order valence-corrected chi connectivity index (χ2v) is 8.20. The molecule has 0 spiro atoms. The van der Waals surface area contributed by atoms with Gasteiger partial charge in [-0.05, 0) is 48.3 Å². The Morgan fingerprint density at radius 1 is 0.944 bits per heavy atom. The molecular weight excluding hydrogens is 216 g/mol. The summed E-state index contributed by atoms with van der Waals surface area (Å²) in [4.78, 5) is 0. The summed E-state index contributed by atoms with van der Waals surface area (Å²) in [6.07, 6.45) is 8.67. The average molecular weight is 255 g/mol. The zero-order valence-electron chi connectivity index (χ0n) is 14.4. The van der Waals surface area contributed by atoms with E-state index in [0.717, 1.165) is 17.3 Å². The van der Waals surface area contributed by atoms with Crippen LogP contribution in [0.25, 0.3) is 0 Å². The lowest BCUT2D eigenvalue weighted by atomic mass is 9.52. The van der Waals surface area contributed by atoms with E-state index in [2.05, 4.69) is 55.4 Å². The van der Waals surface area contributed by atoms with Gasteiger partial charge in [-0.3, -0.25) is 0 Å². The number of rotatable bonds is 4. The highest BCUT2D eigenvalue weighted by molar-refractivity contribution is 4.97. The first kappa shape index (κ1) is 18.0. The molecule has 0 amide bonds. The van der Waals surface area contributed by atoms with Gasteiger partial charge in [-0.25, -0.2) is 0 Å². The maximum absolute atomic E-state index is 2.40. The molecule has 0 bridgehead atoms. The van der Waals surface area contributed by atoms with E-state index in [1.54, 1.807) is 0 Å². The molecule has 0 nitrogen and oxygen atoms in total. The molecule has 0 aromatic carbocycles. The lowest BCUT2D eigenvalue weighted by Crippen LogP contribution is -2.43. The van der Waals surface area contributed by atoms with Crippen molar-refractivity contribution in [3.63, 3.8) is 0 Å². The Morgan fingerprint density at radius 3 is 1.50 bits per heavy atom. The van der Waals surface area contributed by atoms with Crippen LogP contribution in [-0.2, 0) is 0 Å². The molecule has 18 heavy (non-hydrogen) atoms. The summed E-state index contributed by atoms with van der Waals surface area (Å²) in [6.45, 7) is 18.4. The first-order valence-corrected chi connectivity index (χ1v) is 8.17. The van der Waals surface area contributed by atoms with Crippen molar-refractivity contribution in [2.75, 3.05) is 0 Å². The van der Waals surface area contributed by atoms with Crippen molar-refractivity contribution in [3.8, 4) is 0 Å². The molecule has 0 aromatic heterocycles. The lowest BCUT2D eigenvalue weighted by Gasteiger charge is -2.53. The van der Waals surface area contributed by atoms with Gasteiger partial charge in [0.1, 0.15) is 0 Å². The van der Waals surface area contributed by atoms with Gasteiger partial charge < -0.3 is 0 Å². The minimum absolute atomic E-state index is 0.547. The molecule has 0 N–H and O–H groups in total. The van der Waals surface area contributed by atoms with Crippen molar-refractivity contribution in [2.45, 2.75) is 93.9 Å². The molecule has 0 aliphatic heterocycles. The molecule has 110 valence electrons. The van der Waals surface area contributed by atoms with Crippen LogP contribution in [0.3, 0.4) is 0 Å². The fourth-order valence-electron chi connectivity index (χ4n) is 3.19. The lowest BCUT2D eigenvalue weighted by molar-refractivity contribution is -0.0272. The Bertz CT molecular complexity index is 190. The third kappa shape index (κ3) is 6.25. The predicted octanol–water partition coefficient (Wildman–Crippen LogP) is 6.69. The first-order chi connectivity index (χ1) is 8.17. The summed E-state index contributed by atoms with van der Waals surface area (Å²) < 4.78 is 0. The third-order valence-electron chi connectivity index (χ3n) is 4.14. The van der Waals surface area contributed by atoms with E-state index in [0.29, 0.717) is 5.41 Å². The van der Waals surface area contributed by atoms with Gasteiger partial charge in [-0.1, -0.05) is 68.2 Å². The van der Waals surface area contributed by atoms with E-state index >= 15 is 0 Å². The van der Waals surface area contributed by atoms with Crippen molar-refractivity contribution in [1.82, 2.24) is 0 Å². The summed E-state index contributed by atoms with van der Waals surface area (Å²) >= 11 is 0. The van der Waals surface area contributed by atoms with Crippen LogP contribution in [0.1, 0.15) is 93.9 Å². The minimum atomic E-state index is 0.547. The van der Waals surface area contributed by atoms with Crippen LogP contribution in [0, 0.1) is 22.7 Å². The SMILES string of the molecule is CC(C)C.CCCC1(CCC)CC(C(C)(C)C)C1. The first-order valence-electron chi connectivity index (χ1n) is 8.17. The van der Waals surface area contributed by atoms with Crippen LogP contribution >= 0.6 is 0 Å². The highest BCUT2D eigenvalue weighted by Gasteiger charge is 2.46. The topological polar surface area (TPSA) is 0 Å². The second-order valence-electron chi connectivity index (χ2n) is 8.20. The minimum Gasteiger partial charge on any atom is -0.0654 e. The second kappa shape index (κ2) is 7.56. The molecular formula is C18H38. The molecule has 0 heterocycles. The molecule has 0 radical (unpaired) electrons. The van der Waals surface area contributed by atoms with Crippen LogP contribution in [0.4, 0.5) is 0 Å². The fraction of sp³-hybridized carbons (Fsp3) is 1.00. The van der Waals surface area contributed by atoms with Gasteiger partial charge in [0.05, 0.1) is 0 Å². The van der Waals surface area contributed by atoms with Gasteiger partial charge >= 0.3 is 0 Å². The Hall–Kier alpha value is 0. The molecule has 1 rings (SSSR count). The van der Waals surface area contributed by atoms with Crippen molar-refractivity contribution in [3.05, 3.63) is 0 Å². The van der Waals surface area contributed by atoms with Gasteiger partial charge in [0.2, 0.25) is 0 Å². The average Bonchev–Trinajstić information content (AvgIpc) is 2.11. The summed E-state index contributed by atoms with van der Waals surface area (Å²) in [5.74, 6) is 1.82. The molecule has 1 fully saturated rings. The van der Waals surface area contributed by atoms with Crippen molar-refractivity contribution >= 4 is 0 Å². The van der Waals surface area contributed by atoms with Gasteiger partial charge in [0.25, 0.3) is 0 Å². The summed E-state index contributed by atoms with van der Waals surface area (Å²) in [5.41, 5.74) is 1.30. The molecule has 1 aliphatic rings. The molecule has 0 heteroatoms. The highest BCUT2D eigenvalue weighted by Crippen LogP contribution is 2.57. The van der Waals surface area contributed by atoms with Gasteiger partial charge in [-0.15, -0.1) is 0 Å². The van der Waals surface area contributed by atoms with Crippen LogP contribution in [0.15, 0.2) is 0 Å². The van der Waals surface area contributed by atoms with Crippen molar-refractivity contribution < 1.29 is 0 Å². The zero-order valence-corrected chi connectivity index (χ0v) is 14.4. The predicted molar refractivity (Wildman–Crippen MR) is 84.9 cm³/mol. The van der Waals surface area contributed by atoms with E-state index in [9.17, 15) is 0 Å². The van der Waals surface area contributed by atoms with Gasteiger partial charge in [0.15, 0.2) is 0 Å². The Balaban J connectivity index is 0.000000631. The van der Waals surface area contributed by atoms with Crippen LogP contribution in [0.2, 0.25) is 0 Å². The van der Waals surface area contributed by atoms with E-state index < -0.39 is 0 Å². The summed E-state index contributed by atoms with van der Waals surface area (Å²) in [5, 5.41) is 0. The molecule has 1 aliphatic carbocycles. The van der Waals surface area contributed by atoms with E-state index in [-0.39, 0.29) is 0 Å². The number of hydrogen-bond acceptors (Lipinski definition) is 0.